The number of ketones is 1. The largest absolute Gasteiger partial charge is 0.496 e. The first-order chi connectivity index (χ1) is 13.2. The number of benzene rings is 2. The van der Waals surface area contributed by atoms with E-state index in [1.807, 2.05) is 24.3 Å². The van der Waals surface area contributed by atoms with Crippen molar-refractivity contribution in [3.63, 3.8) is 0 Å². The van der Waals surface area contributed by atoms with Crippen LogP contribution in [0.5, 0.6) is 17.2 Å². The second kappa shape index (κ2) is 8.01. The van der Waals surface area contributed by atoms with Gasteiger partial charge in [-0.15, -0.1) is 0 Å². The lowest BCUT2D eigenvalue weighted by atomic mass is 9.97. The standard InChI is InChI=1S/C22H25NO4/c1-25-20-5-3-2-4-18(20)17-8-10-23(15-17)11-9-19(24)16-6-7-21-22(14-16)27-13-12-26-21/h2-7,14,17H,8-13,15H2,1H3. The predicted octanol–water partition coefficient (Wildman–Crippen LogP) is 3.53. The number of rotatable bonds is 6. The molecule has 2 aromatic carbocycles. The number of Topliss-reactive ketones (excluding diaryl/α,β-unsaturated/α-hetero) is 1. The third-order valence-corrected chi connectivity index (χ3v) is 5.37. The van der Waals surface area contributed by atoms with Gasteiger partial charge in [0, 0.05) is 31.0 Å². The van der Waals surface area contributed by atoms with Gasteiger partial charge in [0.1, 0.15) is 19.0 Å². The van der Waals surface area contributed by atoms with E-state index >= 15 is 0 Å². The van der Waals surface area contributed by atoms with E-state index in [0.717, 1.165) is 37.6 Å². The van der Waals surface area contributed by atoms with Gasteiger partial charge in [0.05, 0.1) is 7.11 Å². The van der Waals surface area contributed by atoms with Crippen LogP contribution in [0, 0.1) is 0 Å². The quantitative estimate of drug-likeness (QED) is 0.731. The van der Waals surface area contributed by atoms with Crippen molar-refractivity contribution in [2.75, 3.05) is 40.0 Å². The minimum absolute atomic E-state index is 0.146. The number of carbonyl (C=O) groups is 1. The summed E-state index contributed by atoms with van der Waals surface area (Å²) in [6.07, 6.45) is 1.61. The Morgan fingerprint density at radius 3 is 2.81 bits per heavy atom. The van der Waals surface area contributed by atoms with Crippen LogP contribution < -0.4 is 14.2 Å². The Balaban J connectivity index is 1.34. The molecular weight excluding hydrogens is 342 g/mol. The van der Waals surface area contributed by atoms with E-state index in [4.69, 9.17) is 14.2 Å². The smallest absolute Gasteiger partial charge is 0.164 e. The molecule has 5 heteroatoms. The summed E-state index contributed by atoms with van der Waals surface area (Å²) in [6, 6.07) is 13.7. The van der Waals surface area contributed by atoms with Crippen molar-refractivity contribution in [2.45, 2.75) is 18.8 Å². The lowest BCUT2D eigenvalue weighted by molar-refractivity contribution is 0.0967. The molecule has 0 radical (unpaired) electrons. The van der Waals surface area contributed by atoms with Crippen LogP contribution in [0.3, 0.4) is 0 Å². The van der Waals surface area contributed by atoms with Gasteiger partial charge in [-0.3, -0.25) is 4.79 Å². The summed E-state index contributed by atoms with van der Waals surface area (Å²) in [5.74, 6) is 2.96. The maximum absolute atomic E-state index is 12.6. The van der Waals surface area contributed by atoms with Crippen LogP contribution in [-0.2, 0) is 0 Å². The van der Waals surface area contributed by atoms with Crippen LogP contribution in [0.1, 0.15) is 34.7 Å². The zero-order chi connectivity index (χ0) is 18.6. The molecule has 0 aliphatic carbocycles. The molecular formula is C22H25NO4. The van der Waals surface area contributed by atoms with Crippen LogP contribution in [0.25, 0.3) is 0 Å². The van der Waals surface area contributed by atoms with E-state index in [2.05, 4.69) is 17.0 Å². The van der Waals surface area contributed by atoms with E-state index in [9.17, 15) is 4.79 Å². The molecule has 0 bridgehead atoms. The van der Waals surface area contributed by atoms with Gasteiger partial charge in [0.2, 0.25) is 0 Å². The molecule has 27 heavy (non-hydrogen) atoms. The third kappa shape index (κ3) is 3.93. The lowest BCUT2D eigenvalue weighted by Crippen LogP contribution is -2.24. The molecule has 2 aromatic rings. The van der Waals surface area contributed by atoms with Crippen LogP contribution in [-0.4, -0.2) is 50.6 Å². The number of likely N-dealkylation sites (tertiary alicyclic amines) is 1. The van der Waals surface area contributed by atoms with E-state index in [1.165, 1.54) is 5.56 Å². The first-order valence-corrected chi connectivity index (χ1v) is 9.52. The maximum atomic E-state index is 12.6. The number of methoxy groups -OCH3 is 1. The summed E-state index contributed by atoms with van der Waals surface area (Å²) >= 11 is 0. The number of para-hydroxylation sites is 1. The Morgan fingerprint density at radius 1 is 1.15 bits per heavy atom. The van der Waals surface area contributed by atoms with Crippen LogP contribution in [0.15, 0.2) is 42.5 Å². The van der Waals surface area contributed by atoms with Crippen LogP contribution in [0.4, 0.5) is 0 Å². The minimum Gasteiger partial charge on any atom is -0.496 e. The van der Waals surface area contributed by atoms with Crippen molar-refractivity contribution in [1.82, 2.24) is 4.90 Å². The Kier molecular flexibility index (Phi) is 5.30. The van der Waals surface area contributed by atoms with Crippen molar-refractivity contribution < 1.29 is 19.0 Å². The topological polar surface area (TPSA) is 48.0 Å². The van der Waals surface area contributed by atoms with Gasteiger partial charge in [0.15, 0.2) is 17.3 Å². The molecule has 0 N–H and O–H groups in total. The molecule has 5 nitrogen and oxygen atoms in total. The molecule has 142 valence electrons. The Hall–Kier alpha value is -2.53. The average Bonchev–Trinajstić information content (AvgIpc) is 3.20. The van der Waals surface area contributed by atoms with E-state index in [-0.39, 0.29) is 5.78 Å². The van der Waals surface area contributed by atoms with Crippen molar-refractivity contribution in [3.05, 3.63) is 53.6 Å². The summed E-state index contributed by atoms with van der Waals surface area (Å²) in [5.41, 5.74) is 1.96. The number of hydrogen-bond acceptors (Lipinski definition) is 5. The second-order valence-corrected chi connectivity index (χ2v) is 7.06. The molecule has 0 amide bonds. The fourth-order valence-electron chi connectivity index (χ4n) is 3.91. The Labute approximate surface area is 159 Å². The summed E-state index contributed by atoms with van der Waals surface area (Å²) in [4.78, 5) is 15.0. The van der Waals surface area contributed by atoms with Crippen LogP contribution >= 0.6 is 0 Å². The maximum Gasteiger partial charge on any atom is 0.164 e. The third-order valence-electron chi connectivity index (χ3n) is 5.37. The summed E-state index contributed by atoms with van der Waals surface area (Å²) in [7, 11) is 1.72. The molecule has 1 unspecified atom stereocenters. The number of carbonyl (C=O) groups excluding carboxylic acids is 1. The van der Waals surface area contributed by atoms with Gasteiger partial charge in [-0.05, 0) is 42.8 Å². The number of ether oxygens (including phenoxy) is 3. The van der Waals surface area contributed by atoms with Crippen molar-refractivity contribution >= 4 is 5.78 Å². The minimum atomic E-state index is 0.146. The molecule has 0 saturated carbocycles. The van der Waals surface area contributed by atoms with E-state index < -0.39 is 0 Å². The van der Waals surface area contributed by atoms with E-state index in [0.29, 0.717) is 36.9 Å². The molecule has 1 saturated heterocycles. The summed E-state index contributed by atoms with van der Waals surface area (Å²) in [5, 5.41) is 0. The SMILES string of the molecule is COc1ccccc1C1CCN(CCC(=O)c2ccc3c(c2)OCCO3)C1. The van der Waals surface area contributed by atoms with Crippen molar-refractivity contribution in [2.24, 2.45) is 0 Å². The highest BCUT2D eigenvalue weighted by Crippen LogP contribution is 2.34. The molecule has 0 aromatic heterocycles. The number of fused-ring (bicyclic) bond motifs is 1. The molecule has 2 heterocycles. The van der Waals surface area contributed by atoms with Gasteiger partial charge in [0.25, 0.3) is 0 Å². The number of hydrogen-bond donors (Lipinski definition) is 0. The average molecular weight is 367 g/mol. The normalized spacial score (nSPS) is 19.1. The Morgan fingerprint density at radius 2 is 1.96 bits per heavy atom. The summed E-state index contributed by atoms with van der Waals surface area (Å²) in [6.45, 7) is 3.84. The first kappa shape index (κ1) is 17.9. The molecule has 2 aliphatic heterocycles. The zero-order valence-corrected chi connectivity index (χ0v) is 15.6. The Bertz CT molecular complexity index is 820. The molecule has 2 aliphatic rings. The van der Waals surface area contributed by atoms with E-state index in [1.54, 1.807) is 13.2 Å². The second-order valence-electron chi connectivity index (χ2n) is 7.06. The van der Waals surface area contributed by atoms with Gasteiger partial charge in [-0.1, -0.05) is 18.2 Å². The van der Waals surface area contributed by atoms with Gasteiger partial charge in [-0.2, -0.15) is 0 Å². The van der Waals surface area contributed by atoms with Gasteiger partial charge >= 0.3 is 0 Å². The van der Waals surface area contributed by atoms with Gasteiger partial charge < -0.3 is 19.1 Å². The predicted molar refractivity (Wildman–Crippen MR) is 103 cm³/mol. The fourth-order valence-corrected chi connectivity index (χ4v) is 3.91. The fraction of sp³-hybridized carbons (Fsp3) is 0.409. The van der Waals surface area contributed by atoms with Crippen molar-refractivity contribution in [1.29, 1.82) is 0 Å². The highest BCUT2D eigenvalue weighted by molar-refractivity contribution is 5.96. The highest BCUT2D eigenvalue weighted by Gasteiger charge is 2.26. The monoisotopic (exact) mass is 367 g/mol. The zero-order valence-electron chi connectivity index (χ0n) is 15.6. The molecule has 1 fully saturated rings. The van der Waals surface area contributed by atoms with Crippen LogP contribution in [0.2, 0.25) is 0 Å². The highest BCUT2D eigenvalue weighted by atomic mass is 16.6. The van der Waals surface area contributed by atoms with Crippen molar-refractivity contribution in [3.8, 4) is 17.2 Å². The summed E-state index contributed by atoms with van der Waals surface area (Å²) < 4.78 is 16.6. The lowest BCUT2D eigenvalue weighted by Gasteiger charge is -2.19. The van der Waals surface area contributed by atoms with Gasteiger partial charge in [-0.25, -0.2) is 0 Å². The number of nitrogens with zero attached hydrogens (tertiary/aromatic N) is 1. The molecule has 1 atom stereocenters. The first-order valence-electron chi connectivity index (χ1n) is 9.52. The molecule has 4 rings (SSSR count). The molecule has 0 spiro atoms.